The van der Waals surface area contributed by atoms with Crippen LogP contribution in [-0.2, 0) is 0 Å². The molecule has 248 valence electrons. The maximum absolute atomic E-state index is 5.26. The van der Waals surface area contributed by atoms with E-state index in [1.165, 1.54) is 54.8 Å². The average Bonchev–Trinajstić information content (AvgIpc) is 3.23. The first-order chi connectivity index (χ1) is 26.2. The predicted molar refractivity (Wildman–Crippen MR) is 223 cm³/mol. The van der Waals surface area contributed by atoms with Crippen LogP contribution in [0.4, 0.5) is 0 Å². The molecule has 0 saturated carbocycles. The molecule has 0 N–H and O–H groups in total. The van der Waals surface area contributed by atoms with Gasteiger partial charge >= 0.3 is 0 Å². The van der Waals surface area contributed by atoms with Crippen LogP contribution in [0.15, 0.2) is 195 Å². The number of allylic oxidation sites excluding steroid dienone is 2. The van der Waals surface area contributed by atoms with Crippen LogP contribution in [0.3, 0.4) is 0 Å². The number of hydrogen-bond acceptors (Lipinski definition) is 2. The topological polar surface area (TPSA) is 25.8 Å². The molecular formula is C51H34N2. The van der Waals surface area contributed by atoms with Gasteiger partial charge in [-0.3, -0.25) is 0 Å². The molecule has 0 spiro atoms. The van der Waals surface area contributed by atoms with Crippen molar-refractivity contribution in [3.8, 4) is 33.9 Å². The van der Waals surface area contributed by atoms with E-state index in [4.69, 9.17) is 16.5 Å². The monoisotopic (exact) mass is 674 g/mol. The first kappa shape index (κ1) is 30.9. The second-order valence-corrected chi connectivity index (χ2v) is 13.8. The highest BCUT2D eigenvalue weighted by Crippen LogP contribution is 2.47. The van der Waals surface area contributed by atoms with Gasteiger partial charge in [0.05, 0.1) is 11.4 Å². The summed E-state index contributed by atoms with van der Waals surface area (Å²) < 4.78 is 0. The largest absolute Gasteiger partial charge is 0.228 e. The van der Waals surface area contributed by atoms with Crippen molar-refractivity contribution >= 4 is 43.5 Å². The Morgan fingerprint density at radius 1 is 0.415 bits per heavy atom. The lowest BCUT2D eigenvalue weighted by Gasteiger charge is -2.29. The molecule has 1 heterocycles. The maximum atomic E-state index is 5.26. The molecule has 2 nitrogen and oxygen atoms in total. The number of fused-ring (bicyclic) bond motifs is 5. The Hall–Kier alpha value is -6.90. The molecule has 0 fully saturated rings. The van der Waals surface area contributed by atoms with Crippen LogP contribution in [0.2, 0.25) is 0 Å². The van der Waals surface area contributed by atoms with E-state index in [1.807, 2.05) is 0 Å². The van der Waals surface area contributed by atoms with E-state index in [-0.39, 0.29) is 5.92 Å². The van der Waals surface area contributed by atoms with E-state index in [1.54, 1.807) is 0 Å². The number of nitrogens with zero attached hydrogens (tertiary/aromatic N) is 2. The van der Waals surface area contributed by atoms with E-state index in [9.17, 15) is 0 Å². The highest BCUT2D eigenvalue weighted by molar-refractivity contribution is 6.05. The minimum absolute atomic E-state index is 0.0239. The molecule has 1 unspecified atom stereocenters. The quantitative estimate of drug-likeness (QED) is 0.182. The molecule has 1 aliphatic rings. The lowest BCUT2D eigenvalue weighted by Crippen LogP contribution is -2.09. The zero-order valence-corrected chi connectivity index (χ0v) is 29.1. The number of benzene rings is 8. The van der Waals surface area contributed by atoms with Crippen LogP contribution in [0.1, 0.15) is 28.2 Å². The SMILES string of the molecule is C=C1c2ccc3ccccc3c2C(c2ccccc2)=CC1c1ccc(-c2cc(-c3cccc4ccccc34)nc(-c3cccc4ccccc34)n2)cc1. The van der Waals surface area contributed by atoms with Gasteiger partial charge in [-0.25, -0.2) is 9.97 Å². The van der Waals surface area contributed by atoms with E-state index >= 15 is 0 Å². The molecule has 0 amide bonds. The molecule has 9 aromatic rings. The predicted octanol–water partition coefficient (Wildman–Crippen LogP) is 13.2. The van der Waals surface area contributed by atoms with Crippen molar-refractivity contribution < 1.29 is 0 Å². The van der Waals surface area contributed by atoms with Crippen LogP contribution in [-0.4, -0.2) is 9.97 Å². The fourth-order valence-electron chi connectivity index (χ4n) is 8.09. The van der Waals surface area contributed by atoms with Crippen LogP contribution in [0.5, 0.6) is 0 Å². The van der Waals surface area contributed by atoms with Gasteiger partial charge in [0.15, 0.2) is 5.82 Å². The Morgan fingerprint density at radius 2 is 0.981 bits per heavy atom. The van der Waals surface area contributed by atoms with Crippen LogP contribution in [0.25, 0.3) is 77.4 Å². The molecule has 0 bridgehead atoms. The van der Waals surface area contributed by atoms with Gasteiger partial charge < -0.3 is 0 Å². The third-order valence-electron chi connectivity index (χ3n) is 10.7. The van der Waals surface area contributed by atoms with Crippen molar-refractivity contribution in [1.82, 2.24) is 9.97 Å². The van der Waals surface area contributed by atoms with Crippen LogP contribution in [0, 0.1) is 0 Å². The van der Waals surface area contributed by atoms with Crippen molar-refractivity contribution in [3.05, 3.63) is 217 Å². The minimum atomic E-state index is 0.0239. The molecule has 2 heteroatoms. The zero-order valence-electron chi connectivity index (χ0n) is 29.1. The van der Waals surface area contributed by atoms with Gasteiger partial charge in [-0.05, 0) is 71.8 Å². The summed E-state index contributed by atoms with van der Waals surface area (Å²) >= 11 is 0. The van der Waals surface area contributed by atoms with Crippen LogP contribution < -0.4 is 0 Å². The Bertz CT molecular complexity index is 2790. The fraction of sp³-hybridized carbons (Fsp3) is 0.0196. The molecule has 0 saturated heterocycles. The highest BCUT2D eigenvalue weighted by atomic mass is 14.9. The molecule has 53 heavy (non-hydrogen) atoms. The van der Waals surface area contributed by atoms with Gasteiger partial charge in [-0.15, -0.1) is 0 Å². The van der Waals surface area contributed by atoms with E-state index < -0.39 is 0 Å². The standard InChI is InChI=1S/C51H34N2/c1-33-40-30-29-37-17-7-10-22-43(37)50(40)47(36-13-3-2-4-14-36)31-46(33)38-25-27-39(28-26-38)48-32-49(44-23-11-18-34-15-5-8-20-41(34)44)53-51(52-48)45-24-12-19-35-16-6-9-21-42(35)45/h2-32,46H,1H2. The number of hydrogen-bond donors (Lipinski definition) is 0. The molecule has 0 aliphatic heterocycles. The first-order valence-electron chi connectivity index (χ1n) is 18.1. The fourth-order valence-corrected chi connectivity index (χ4v) is 8.09. The smallest absolute Gasteiger partial charge is 0.161 e. The van der Waals surface area contributed by atoms with Crippen molar-refractivity contribution in [2.75, 3.05) is 0 Å². The summed E-state index contributed by atoms with van der Waals surface area (Å²) in [6.45, 7) is 4.70. The molecule has 1 atom stereocenters. The van der Waals surface area contributed by atoms with Gasteiger partial charge in [0.1, 0.15) is 0 Å². The lowest BCUT2D eigenvalue weighted by atomic mass is 9.75. The molecule has 8 aromatic carbocycles. The molecule has 10 rings (SSSR count). The number of aromatic nitrogens is 2. The summed E-state index contributed by atoms with van der Waals surface area (Å²) in [6, 6.07) is 64.7. The summed E-state index contributed by atoms with van der Waals surface area (Å²) in [5.74, 6) is 0.738. The Morgan fingerprint density at radius 3 is 1.70 bits per heavy atom. The second kappa shape index (κ2) is 12.7. The molecule has 1 aliphatic carbocycles. The third-order valence-corrected chi connectivity index (χ3v) is 10.7. The Balaban J connectivity index is 1.11. The average molecular weight is 675 g/mol. The minimum Gasteiger partial charge on any atom is -0.228 e. The summed E-state index contributed by atoms with van der Waals surface area (Å²) in [5.41, 5.74) is 12.2. The normalized spacial score (nSPS) is 14.0. The highest BCUT2D eigenvalue weighted by Gasteiger charge is 2.27. The molecule has 1 aromatic heterocycles. The first-order valence-corrected chi connectivity index (χ1v) is 18.1. The number of rotatable bonds is 5. The zero-order chi connectivity index (χ0) is 35.3. The summed E-state index contributed by atoms with van der Waals surface area (Å²) in [5, 5.41) is 7.15. The van der Waals surface area contributed by atoms with E-state index in [0.717, 1.165) is 39.0 Å². The Labute approximate surface area is 309 Å². The van der Waals surface area contributed by atoms with Crippen molar-refractivity contribution in [2.45, 2.75) is 5.92 Å². The second-order valence-electron chi connectivity index (χ2n) is 13.8. The van der Waals surface area contributed by atoms with Crippen molar-refractivity contribution in [1.29, 1.82) is 0 Å². The van der Waals surface area contributed by atoms with Gasteiger partial charge in [0.2, 0.25) is 0 Å². The Kier molecular flexibility index (Phi) is 7.40. The van der Waals surface area contributed by atoms with E-state index in [2.05, 4.69) is 188 Å². The lowest BCUT2D eigenvalue weighted by molar-refractivity contribution is 1.09. The summed E-state index contributed by atoms with van der Waals surface area (Å²) in [6.07, 6.45) is 2.41. The molecular weight excluding hydrogens is 641 g/mol. The van der Waals surface area contributed by atoms with Crippen molar-refractivity contribution in [3.63, 3.8) is 0 Å². The third kappa shape index (κ3) is 5.35. The van der Waals surface area contributed by atoms with Crippen molar-refractivity contribution in [2.24, 2.45) is 0 Å². The van der Waals surface area contributed by atoms with Gasteiger partial charge in [-0.1, -0.05) is 189 Å². The summed E-state index contributed by atoms with van der Waals surface area (Å²) in [7, 11) is 0. The van der Waals surface area contributed by atoms with Gasteiger partial charge in [-0.2, -0.15) is 0 Å². The van der Waals surface area contributed by atoms with Gasteiger partial charge in [0, 0.05) is 22.6 Å². The van der Waals surface area contributed by atoms with Crippen LogP contribution >= 0.6 is 0 Å². The summed E-state index contributed by atoms with van der Waals surface area (Å²) in [4.78, 5) is 10.5. The van der Waals surface area contributed by atoms with Gasteiger partial charge in [0.25, 0.3) is 0 Å². The molecule has 0 radical (unpaired) electrons. The maximum Gasteiger partial charge on any atom is 0.161 e. The van der Waals surface area contributed by atoms with E-state index in [0.29, 0.717) is 5.82 Å².